The highest BCUT2D eigenvalue weighted by Crippen LogP contribution is 2.23. The smallest absolute Gasteiger partial charge is 0.0226 e. The molecule has 0 aromatic heterocycles. The fourth-order valence-electron chi connectivity index (χ4n) is 1.38. The zero-order valence-electron chi connectivity index (χ0n) is 6.72. The third-order valence-corrected chi connectivity index (χ3v) is 1.98. The Kier molecular flexibility index (Phi) is 2.12. The highest BCUT2D eigenvalue weighted by Gasteiger charge is 2.31. The van der Waals surface area contributed by atoms with Crippen molar-refractivity contribution in [1.82, 2.24) is 4.90 Å². The van der Waals surface area contributed by atoms with Crippen molar-refractivity contribution in [3.63, 3.8) is 0 Å². The lowest BCUT2D eigenvalue weighted by Gasteiger charge is -2.01. The predicted octanol–water partition coefficient (Wildman–Crippen LogP) is 1.74. The second-order valence-electron chi connectivity index (χ2n) is 3.37. The van der Waals surface area contributed by atoms with Crippen molar-refractivity contribution in [2.45, 2.75) is 33.2 Å². The molecule has 0 aromatic rings. The molecule has 1 nitrogen and oxygen atoms in total. The molecule has 2 atom stereocenters. The first-order chi connectivity index (χ1) is 4.24. The molecular weight excluding hydrogens is 110 g/mol. The molecule has 0 amide bonds. The molecule has 1 heteroatoms. The molecule has 2 unspecified atom stereocenters. The summed E-state index contributed by atoms with van der Waals surface area (Å²) in [5.41, 5.74) is 0. The second-order valence-corrected chi connectivity index (χ2v) is 3.37. The molecular formula is C8H17N. The van der Waals surface area contributed by atoms with Gasteiger partial charge < -0.3 is 0 Å². The molecule has 0 bridgehead atoms. The Balaban J connectivity index is 2.05. The van der Waals surface area contributed by atoms with Crippen LogP contribution in [-0.4, -0.2) is 24.0 Å². The first-order valence-electron chi connectivity index (χ1n) is 3.98. The molecule has 0 saturated carbocycles. The van der Waals surface area contributed by atoms with Gasteiger partial charge in [0.1, 0.15) is 0 Å². The summed E-state index contributed by atoms with van der Waals surface area (Å²) in [6.07, 6.45) is 1.40. The van der Waals surface area contributed by atoms with E-state index in [0.29, 0.717) is 0 Å². The topological polar surface area (TPSA) is 3.01 Å². The third kappa shape index (κ3) is 1.98. The number of hydrogen-bond donors (Lipinski definition) is 0. The maximum absolute atomic E-state index is 2.51. The zero-order chi connectivity index (χ0) is 6.85. The van der Waals surface area contributed by atoms with Gasteiger partial charge in [0, 0.05) is 12.6 Å². The van der Waals surface area contributed by atoms with Crippen molar-refractivity contribution >= 4 is 0 Å². The molecule has 9 heavy (non-hydrogen) atoms. The van der Waals surface area contributed by atoms with Gasteiger partial charge in [-0.2, -0.15) is 0 Å². The quantitative estimate of drug-likeness (QED) is 0.522. The van der Waals surface area contributed by atoms with Gasteiger partial charge in [-0.05, 0) is 18.9 Å². The number of hydrogen-bond acceptors (Lipinski definition) is 1. The van der Waals surface area contributed by atoms with Crippen LogP contribution < -0.4 is 0 Å². The Hall–Kier alpha value is -0.0400. The monoisotopic (exact) mass is 127 g/mol. The van der Waals surface area contributed by atoms with E-state index in [0.717, 1.165) is 12.0 Å². The average molecular weight is 127 g/mol. The van der Waals surface area contributed by atoms with Crippen LogP contribution in [-0.2, 0) is 0 Å². The van der Waals surface area contributed by atoms with Crippen LogP contribution in [0.4, 0.5) is 0 Å². The van der Waals surface area contributed by atoms with E-state index in [4.69, 9.17) is 0 Å². The van der Waals surface area contributed by atoms with Crippen molar-refractivity contribution in [3.8, 4) is 0 Å². The lowest BCUT2D eigenvalue weighted by Crippen LogP contribution is -2.02. The van der Waals surface area contributed by atoms with E-state index >= 15 is 0 Å². The number of rotatable bonds is 3. The Morgan fingerprint density at radius 1 is 1.56 bits per heavy atom. The Morgan fingerprint density at radius 3 is 2.56 bits per heavy atom. The second kappa shape index (κ2) is 2.70. The van der Waals surface area contributed by atoms with Crippen molar-refractivity contribution in [2.75, 3.05) is 13.1 Å². The van der Waals surface area contributed by atoms with Gasteiger partial charge in [-0.3, -0.25) is 4.90 Å². The molecule has 0 spiro atoms. The van der Waals surface area contributed by atoms with Crippen LogP contribution >= 0.6 is 0 Å². The summed E-state index contributed by atoms with van der Waals surface area (Å²) < 4.78 is 0. The molecule has 0 radical (unpaired) electrons. The molecule has 54 valence electrons. The van der Waals surface area contributed by atoms with Gasteiger partial charge in [0.2, 0.25) is 0 Å². The van der Waals surface area contributed by atoms with E-state index in [1.807, 2.05) is 0 Å². The van der Waals surface area contributed by atoms with E-state index in [-0.39, 0.29) is 0 Å². The van der Waals surface area contributed by atoms with Gasteiger partial charge >= 0.3 is 0 Å². The number of likely N-dealkylation sites (N-methyl/N-ethyl adjacent to an activating group) is 1. The fourth-order valence-corrected chi connectivity index (χ4v) is 1.38. The van der Waals surface area contributed by atoms with Crippen LogP contribution in [0.15, 0.2) is 0 Å². The lowest BCUT2D eigenvalue weighted by atomic mass is 10.1. The average Bonchev–Trinajstić information content (AvgIpc) is 2.45. The maximum Gasteiger partial charge on any atom is 0.0226 e. The number of nitrogens with zero attached hydrogens (tertiary/aromatic N) is 1. The van der Waals surface area contributed by atoms with Crippen molar-refractivity contribution < 1.29 is 0 Å². The SMILES string of the molecule is CCN1CC1CC(C)C. The van der Waals surface area contributed by atoms with Gasteiger partial charge in [0.15, 0.2) is 0 Å². The summed E-state index contributed by atoms with van der Waals surface area (Å²) in [4.78, 5) is 2.51. The van der Waals surface area contributed by atoms with Crippen LogP contribution in [0.25, 0.3) is 0 Å². The fraction of sp³-hybridized carbons (Fsp3) is 1.00. The zero-order valence-corrected chi connectivity index (χ0v) is 6.72. The van der Waals surface area contributed by atoms with Crippen LogP contribution in [0.2, 0.25) is 0 Å². The predicted molar refractivity (Wildman–Crippen MR) is 40.5 cm³/mol. The summed E-state index contributed by atoms with van der Waals surface area (Å²) >= 11 is 0. The first-order valence-corrected chi connectivity index (χ1v) is 3.98. The Morgan fingerprint density at radius 2 is 2.22 bits per heavy atom. The van der Waals surface area contributed by atoms with Crippen molar-refractivity contribution in [1.29, 1.82) is 0 Å². The van der Waals surface area contributed by atoms with E-state index in [9.17, 15) is 0 Å². The first kappa shape index (κ1) is 7.07. The summed E-state index contributed by atoms with van der Waals surface area (Å²) in [6, 6.07) is 0.940. The summed E-state index contributed by atoms with van der Waals surface area (Å²) in [5.74, 6) is 0.881. The van der Waals surface area contributed by atoms with Gasteiger partial charge in [-0.25, -0.2) is 0 Å². The van der Waals surface area contributed by atoms with Gasteiger partial charge in [0.05, 0.1) is 0 Å². The van der Waals surface area contributed by atoms with E-state index in [2.05, 4.69) is 25.7 Å². The highest BCUT2D eigenvalue weighted by molar-refractivity contribution is 4.88. The molecule has 0 N–H and O–H groups in total. The molecule has 0 aliphatic carbocycles. The minimum absolute atomic E-state index is 0.881. The Labute approximate surface area is 58.0 Å². The van der Waals surface area contributed by atoms with Crippen molar-refractivity contribution in [3.05, 3.63) is 0 Å². The normalized spacial score (nSPS) is 33.3. The molecule has 1 aliphatic rings. The van der Waals surface area contributed by atoms with Crippen LogP contribution in [0.1, 0.15) is 27.2 Å². The highest BCUT2D eigenvalue weighted by atomic mass is 15.3. The minimum atomic E-state index is 0.881. The third-order valence-electron chi connectivity index (χ3n) is 1.98. The van der Waals surface area contributed by atoms with E-state index in [1.54, 1.807) is 0 Å². The molecule has 1 saturated heterocycles. The maximum atomic E-state index is 2.51. The molecule has 1 fully saturated rings. The van der Waals surface area contributed by atoms with Crippen LogP contribution in [0.3, 0.4) is 0 Å². The van der Waals surface area contributed by atoms with E-state index in [1.165, 1.54) is 19.5 Å². The van der Waals surface area contributed by atoms with Crippen LogP contribution in [0.5, 0.6) is 0 Å². The molecule has 1 heterocycles. The molecule has 1 aliphatic heterocycles. The Bertz CT molecular complexity index is 88.6. The standard InChI is InChI=1S/C8H17N/c1-4-9-6-8(9)5-7(2)3/h7-8H,4-6H2,1-3H3. The van der Waals surface area contributed by atoms with Crippen LogP contribution in [0, 0.1) is 5.92 Å². The molecule has 1 rings (SSSR count). The summed E-state index contributed by atoms with van der Waals surface area (Å²) in [5, 5.41) is 0. The molecule has 0 aromatic carbocycles. The van der Waals surface area contributed by atoms with E-state index < -0.39 is 0 Å². The van der Waals surface area contributed by atoms with Gasteiger partial charge in [-0.1, -0.05) is 20.8 Å². The summed E-state index contributed by atoms with van der Waals surface area (Å²) in [7, 11) is 0. The largest absolute Gasteiger partial charge is 0.298 e. The van der Waals surface area contributed by atoms with Gasteiger partial charge in [-0.15, -0.1) is 0 Å². The van der Waals surface area contributed by atoms with Crippen molar-refractivity contribution in [2.24, 2.45) is 5.92 Å². The summed E-state index contributed by atoms with van der Waals surface area (Å²) in [6.45, 7) is 9.44. The lowest BCUT2D eigenvalue weighted by molar-refractivity contribution is 0.469. The van der Waals surface area contributed by atoms with Gasteiger partial charge in [0.25, 0.3) is 0 Å². The minimum Gasteiger partial charge on any atom is -0.298 e.